The molecule has 5 nitrogen and oxygen atoms in total. The lowest BCUT2D eigenvalue weighted by atomic mass is 9.98. The van der Waals surface area contributed by atoms with Crippen molar-refractivity contribution in [2.75, 3.05) is 38.5 Å². The molecule has 0 unspecified atom stereocenters. The highest BCUT2D eigenvalue weighted by Gasteiger charge is 2.27. The first-order chi connectivity index (χ1) is 8.95. The van der Waals surface area contributed by atoms with E-state index in [1.165, 1.54) is 0 Å². The number of ether oxygens (including phenoxy) is 1. The molecule has 0 aliphatic carbocycles. The number of nitrogens with one attached hydrogen (secondary N) is 1. The summed E-state index contributed by atoms with van der Waals surface area (Å²) >= 11 is 0. The summed E-state index contributed by atoms with van der Waals surface area (Å²) in [4.78, 5) is 0. The van der Waals surface area contributed by atoms with Gasteiger partial charge in [0.05, 0.1) is 18.5 Å². The maximum absolute atomic E-state index is 12.1. The van der Waals surface area contributed by atoms with Crippen molar-refractivity contribution in [3.05, 3.63) is 0 Å². The Morgan fingerprint density at radius 3 is 2.40 bits per heavy atom. The average Bonchev–Trinajstić information content (AvgIpc) is 2.36. The first-order valence-electron chi connectivity index (χ1n) is 7.26. The van der Waals surface area contributed by atoms with Gasteiger partial charge in [0.2, 0.25) is 10.0 Å². The Morgan fingerprint density at radius 2 is 1.90 bits per heavy atom. The fraction of sp³-hybridized carbons (Fsp3) is 1.00. The number of sulfonamides is 1. The summed E-state index contributed by atoms with van der Waals surface area (Å²) in [5, 5.41) is 3.33. The maximum atomic E-state index is 12.1. The number of rotatable bonds is 8. The summed E-state index contributed by atoms with van der Waals surface area (Å²) in [7, 11) is -3.14. The van der Waals surface area contributed by atoms with Crippen LogP contribution in [0.5, 0.6) is 0 Å². The zero-order valence-corrected chi connectivity index (χ0v) is 14.4. The van der Waals surface area contributed by atoms with E-state index in [4.69, 9.17) is 4.74 Å². The van der Waals surface area contributed by atoms with Crippen molar-refractivity contribution in [2.24, 2.45) is 5.92 Å². The normalized spacial score (nSPS) is 18.2. The largest absolute Gasteiger partial charge is 0.378 e. The van der Waals surface area contributed by atoms with Gasteiger partial charge in [0.1, 0.15) is 0 Å². The quantitative estimate of drug-likeness (QED) is 0.733. The minimum absolute atomic E-state index is 0. The van der Waals surface area contributed by atoms with Crippen molar-refractivity contribution in [1.29, 1.82) is 0 Å². The van der Waals surface area contributed by atoms with E-state index in [1.807, 2.05) is 13.8 Å². The molecule has 0 bridgehead atoms. The van der Waals surface area contributed by atoms with Gasteiger partial charge in [0, 0.05) is 13.1 Å². The van der Waals surface area contributed by atoms with Crippen LogP contribution in [-0.2, 0) is 14.8 Å². The monoisotopic (exact) mass is 328 g/mol. The zero-order chi connectivity index (χ0) is 14.3. The summed E-state index contributed by atoms with van der Waals surface area (Å²) < 4.78 is 31.2. The minimum Gasteiger partial charge on any atom is -0.378 e. The topological polar surface area (TPSA) is 58.6 Å². The van der Waals surface area contributed by atoms with Gasteiger partial charge >= 0.3 is 0 Å². The lowest BCUT2D eigenvalue weighted by Crippen LogP contribution is -2.42. The lowest BCUT2D eigenvalue weighted by Gasteiger charge is -2.31. The van der Waals surface area contributed by atoms with E-state index in [9.17, 15) is 8.42 Å². The molecule has 1 fully saturated rings. The van der Waals surface area contributed by atoms with Gasteiger partial charge < -0.3 is 10.1 Å². The zero-order valence-electron chi connectivity index (χ0n) is 12.8. The molecule has 0 radical (unpaired) electrons. The molecule has 0 aromatic carbocycles. The Labute approximate surface area is 129 Å². The second-order valence-corrected chi connectivity index (χ2v) is 7.47. The van der Waals surface area contributed by atoms with Crippen LogP contribution in [0.1, 0.15) is 33.6 Å². The predicted octanol–water partition coefficient (Wildman–Crippen LogP) is 1.48. The molecule has 20 heavy (non-hydrogen) atoms. The number of halogens is 1. The second kappa shape index (κ2) is 9.95. The van der Waals surface area contributed by atoms with Crippen LogP contribution in [0.3, 0.4) is 0 Å². The lowest BCUT2D eigenvalue weighted by molar-refractivity contribution is 0.0905. The smallest absolute Gasteiger partial charge is 0.216 e. The highest BCUT2D eigenvalue weighted by molar-refractivity contribution is 7.89. The summed E-state index contributed by atoms with van der Waals surface area (Å²) in [6.45, 7) is 9.50. The maximum Gasteiger partial charge on any atom is 0.216 e. The van der Waals surface area contributed by atoms with Crippen LogP contribution in [0.4, 0.5) is 0 Å². The summed E-state index contributed by atoms with van der Waals surface area (Å²) in [5.41, 5.74) is 0. The summed E-state index contributed by atoms with van der Waals surface area (Å²) in [6.07, 6.45) is 2.00. The number of nitrogens with zero attached hydrogens (tertiary/aromatic N) is 1. The molecule has 0 spiro atoms. The highest BCUT2D eigenvalue weighted by Crippen LogP contribution is 2.19. The predicted molar refractivity (Wildman–Crippen MR) is 85.0 cm³/mol. The first kappa shape index (κ1) is 20.1. The van der Waals surface area contributed by atoms with Crippen LogP contribution in [0, 0.1) is 5.92 Å². The average molecular weight is 329 g/mol. The molecule has 1 heterocycles. The van der Waals surface area contributed by atoms with Gasteiger partial charge in [-0.05, 0) is 45.7 Å². The van der Waals surface area contributed by atoms with Crippen molar-refractivity contribution in [3.8, 4) is 0 Å². The molecule has 1 rings (SSSR count). The van der Waals surface area contributed by atoms with Crippen LogP contribution in [-0.4, -0.2) is 57.4 Å². The molecule has 1 aliphatic heterocycles. The van der Waals surface area contributed by atoms with Crippen LogP contribution in [0.25, 0.3) is 0 Å². The van der Waals surface area contributed by atoms with Crippen LogP contribution in [0.15, 0.2) is 0 Å². The van der Waals surface area contributed by atoms with Gasteiger partial charge in [-0.2, -0.15) is 0 Å². The molecule has 0 atom stereocenters. The molecule has 1 aliphatic rings. The van der Waals surface area contributed by atoms with E-state index in [0.29, 0.717) is 19.0 Å². The summed E-state index contributed by atoms with van der Waals surface area (Å²) in [5.74, 6) is 0.710. The van der Waals surface area contributed by atoms with Crippen molar-refractivity contribution < 1.29 is 13.2 Å². The van der Waals surface area contributed by atoms with E-state index in [0.717, 1.165) is 25.9 Å². The molecule has 1 N–H and O–H groups in total. The van der Waals surface area contributed by atoms with Gasteiger partial charge in [-0.15, -0.1) is 12.4 Å². The third-order valence-electron chi connectivity index (χ3n) is 3.44. The Morgan fingerprint density at radius 1 is 1.30 bits per heavy atom. The third-order valence-corrected chi connectivity index (χ3v) is 5.28. The SMILES string of the molecule is CCNCC1CCN(S(=O)(=O)CCOC(C)C)CC1.Cl. The van der Waals surface area contributed by atoms with E-state index in [1.54, 1.807) is 4.31 Å². The third kappa shape index (κ3) is 7.22. The molecule has 1 saturated heterocycles. The standard InChI is InChI=1S/C13H28N2O3S.ClH/c1-4-14-11-13-5-7-15(8-6-13)19(16,17)10-9-18-12(2)3;/h12-14H,4-11H2,1-3H3;1H. The molecule has 0 amide bonds. The van der Waals surface area contributed by atoms with E-state index < -0.39 is 10.0 Å². The first-order valence-corrected chi connectivity index (χ1v) is 8.86. The van der Waals surface area contributed by atoms with Gasteiger partial charge in [-0.3, -0.25) is 0 Å². The molecular formula is C13H29ClN2O3S. The van der Waals surface area contributed by atoms with E-state index >= 15 is 0 Å². The van der Waals surface area contributed by atoms with Gasteiger partial charge in [-0.1, -0.05) is 6.92 Å². The van der Waals surface area contributed by atoms with E-state index in [-0.39, 0.29) is 30.9 Å². The molecule has 0 saturated carbocycles. The number of hydrogen-bond acceptors (Lipinski definition) is 4. The van der Waals surface area contributed by atoms with Gasteiger partial charge in [0.15, 0.2) is 0 Å². The molecule has 0 aromatic heterocycles. The van der Waals surface area contributed by atoms with E-state index in [2.05, 4.69) is 12.2 Å². The van der Waals surface area contributed by atoms with Crippen LogP contribution >= 0.6 is 12.4 Å². The Hall–Kier alpha value is 0.120. The summed E-state index contributed by atoms with van der Waals surface area (Å²) in [6, 6.07) is 0. The fourth-order valence-electron chi connectivity index (χ4n) is 2.26. The Kier molecular flexibility index (Phi) is 10.0. The fourth-order valence-corrected chi connectivity index (χ4v) is 3.59. The molecule has 7 heteroatoms. The Balaban J connectivity index is 0.00000361. The molecular weight excluding hydrogens is 300 g/mol. The molecule has 0 aromatic rings. The van der Waals surface area contributed by atoms with Crippen molar-refractivity contribution >= 4 is 22.4 Å². The minimum atomic E-state index is -3.14. The Bertz CT molecular complexity index is 342. The van der Waals surface area contributed by atoms with Gasteiger partial charge in [-0.25, -0.2) is 12.7 Å². The van der Waals surface area contributed by atoms with Crippen molar-refractivity contribution in [3.63, 3.8) is 0 Å². The van der Waals surface area contributed by atoms with Crippen LogP contribution < -0.4 is 5.32 Å². The van der Waals surface area contributed by atoms with Crippen LogP contribution in [0.2, 0.25) is 0 Å². The second-order valence-electron chi connectivity index (χ2n) is 5.39. The van der Waals surface area contributed by atoms with Gasteiger partial charge in [0.25, 0.3) is 0 Å². The number of piperidine rings is 1. The molecule has 122 valence electrons. The highest BCUT2D eigenvalue weighted by atomic mass is 35.5. The van der Waals surface area contributed by atoms with Crippen molar-refractivity contribution in [2.45, 2.75) is 39.7 Å². The number of hydrogen-bond donors (Lipinski definition) is 1. The van der Waals surface area contributed by atoms with Crippen molar-refractivity contribution in [1.82, 2.24) is 9.62 Å².